The van der Waals surface area contributed by atoms with Gasteiger partial charge in [0.2, 0.25) is 0 Å². The standard InChI is InChI=1S/C10H18O/c1-4-5-7-10(2,3)8-6-9-11/h4,9H,1,5-8H2,2-3H3. The summed E-state index contributed by atoms with van der Waals surface area (Å²) in [5, 5.41) is 0. The van der Waals surface area contributed by atoms with Crippen LogP contribution in [-0.2, 0) is 4.79 Å². The largest absolute Gasteiger partial charge is 0.303 e. The molecule has 0 radical (unpaired) electrons. The Bertz CT molecular complexity index is 111. The van der Waals surface area contributed by atoms with E-state index in [4.69, 9.17) is 0 Å². The zero-order chi connectivity index (χ0) is 8.74. The third kappa shape index (κ3) is 5.84. The average molecular weight is 154 g/mol. The second kappa shape index (κ2) is 5.11. The lowest BCUT2D eigenvalue weighted by Gasteiger charge is -2.22. The minimum atomic E-state index is 0.301. The Morgan fingerprint density at radius 3 is 2.27 bits per heavy atom. The highest BCUT2D eigenvalue weighted by Gasteiger charge is 2.15. The zero-order valence-electron chi connectivity index (χ0n) is 7.60. The van der Waals surface area contributed by atoms with Crippen molar-refractivity contribution in [3.05, 3.63) is 12.7 Å². The summed E-state index contributed by atoms with van der Waals surface area (Å²) in [5.74, 6) is 0. The maximum absolute atomic E-state index is 10.1. The van der Waals surface area contributed by atoms with E-state index in [0.717, 1.165) is 25.5 Å². The van der Waals surface area contributed by atoms with Crippen LogP contribution >= 0.6 is 0 Å². The molecular weight excluding hydrogens is 136 g/mol. The van der Waals surface area contributed by atoms with E-state index in [0.29, 0.717) is 11.8 Å². The molecule has 0 N–H and O–H groups in total. The van der Waals surface area contributed by atoms with E-state index in [1.807, 2.05) is 6.08 Å². The van der Waals surface area contributed by atoms with Crippen molar-refractivity contribution >= 4 is 6.29 Å². The van der Waals surface area contributed by atoms with Crippen LogP contribution in [0, 0.1) is 5.41 Å². The number of hydrogen-bond donors (Lipinski definition) is 0. The minimum Gasteiger partial charge on any atom is -0.303 e. The van der Waals surface area contributed by atoms with E-state index in [1.165, 1.54) is 0 Å². The maximum Gasteiger partial charge on any atom is 0.120 e. The molecule has 0 aliphatic carbocycles. The molecule has 64 valence electrons. The fourth-order valence-corrected chi connectivity index (χ4v) is 1.07. The van der Waals surface area contributed by atoms with Crippen LogP contribution < -0.4 is 0 Å². The van der Waals surface area contributed by atoms with Crippen molar-refractivity contribution < 1.29 is 4.79 Å². The summed E-state index contributed by atoms with van der Waals surface area (Å²) >= 11 is 0. The highest BCUT2D eigenvalue weighted by Crippen LogP contribution is 2.27. The van der Waals surface area contributed by atoms with Crippen molar-refractivity contribution in [3.63, 3.8) is 0 Å². The summed E-state index contributed by atoms with van der Waals surface area (Å²) in [6, 6.07) is 0. The third-order valence-corrected chi connectivity index (χ3v) is 1.96. The highest BCUT2D eigenvalue weighted by atomic mass is 16.1. The number of aldehydes is 1. The molecular formula is C10H18O. The van der Waals surface area contributed by atoms with Crippen molar-refractivity contribution in [2.45, 2.75) is 39.5 Å². The summed E-state index contributed by atoms with van der Waals surface area (Å²) in [4.78, 5) is 10.1. The number of allylic oxidation sites excluding steroid dienone is 1. The van der Waals surface area contributed by atoms with Crippen LogP contribution in [0.2, 0.25) is 0 Å². The summed E-state index contributed by atoms with van der Waals surface area (Å²) in [5.41, 5.74) is 0.301. The summed E-state index contributed by atoms with van der Waals surface area (Å²) < 4.78 is 0. The second-order valence-electron chi connectivity index (χ2n) is 3.70. The maximum atomic E-state index is 10.1. The third-order valence-electron chi connectivity index (χ3n) is 1.96. The van der Waals surface area contributed by atoms with Crippen LogP contribution in [0.15, 0.2) is 12.7 Å². The van der Waals surface area contributed by atoms with Crippen molar-refractivity contribution in [1.82, 2.24) is 0 Å². The monoisotopic (exact) mass is 154 g/mol. The Hall–Kier alpha value is -0.590. The molecule has 0 rings (SSSR count). The molecule has 1 nitrogen and oxygen atoms in total. The molecule has 0 amide bonds. The number of rotatable bonds is 6. The molecule has 0 spiro atoms. The summed E-state index contributed by atoms with van der Waals surface area (Å²) in [7, 11) is 0. The first-order valence-corrected chi connectivity index (χ1v) is 4.17. The van der Waals surface area contributed by atoms with Crippen LogP contribution in [0.1, 0.15) is 39.5 Å². The van der Waals surface area contributed by atoms with Gasteiger partial charge in [0.25, 0.3) is 0 Å². The molecule has 1 heteroatoms. The molecule has 0 fully saturated rings. The lowest BCUT2D eigenvalue weighted by Crippen LogP contribution is -2.10. The topological polar surface area (TPSA) is 17.1 Å². The van der Waals surface area contributed by atoms with Gasteiger partial charge in [-0.1, -0.05) is 19.9 Å². The predicted octanol–water partition coefficient (Wildman–Crippen LogP) is 2.96. The smallest absolute Gasteiger partial charge is 0.120 e. The Morgan fingerprint density at radius 2 is 1.82 bits per heavy atom. The van der Waals surface area contributed by atoms with E-state index < -0.39 is 0 Å². The predicted molar refractivity (Wildman–Crippen MR) is 48.5 cm³/mol. The summed E-state index contributed by atoms with van der Waals surface area (Å²) in [6.07, 6.45) is 6.78. The van der Waals surface area contributed by atoms with E-state index in [9.17, 15) is 4.79 Å². The molecule has 0 aliphatic heterocycles. The van der Waals surface area contributed by atoms with E-state index in [-0.39, 0.29) is 0 Å². The molecule has 0 aliphatic rings. The lowest BCUT2D eigenvalue weighted by atomic mass is 9.83. The van der Waals surface area contributed by atoms with Gasteiger partial charge < -0.3 is 4.79 Å². The Labute approximate surface area is 69.5 Å². The van der Waals surface area contributed by atoms with Crippen LogP contribution in [0.25, 0.3) is 0 Å². The van der Waals surface area contributed by atoms with Crippen molar-refractivity contribution in [2.75, 3.05) is 0 Å². The van der Waals surface area contributed by atoms with Gasteiger partial charge in [-0.3, -0.25) is 0 Å². The minimum absolute atomic E-state index is 0.301. The van der Waals surface area contributed by atoms with Gasteiger partial charge in [-0.25, -0.2) is 0 Å². The van der Waals surface area contributed by atoms with Gasteiger partial charge in [-0.05, 0) is 24.7 Å². The molecule has 0 bridgehead atoms. The van der Waals surface area contributed by atoms with E-state index in [1.54, 1.807) is 0 Å². The Kier molecular flexibility index (Phi) is 4.84. The van der Waals surface area contributed by atoms with Gasteiger partial charge in [0.15, 0.2) is 0 Å². The average Bonchev–Trinajstić information content (AvgIpc) is 1.97. The van der Waals surface area contributed by atoms with Gasteiger partial charge in [0.1, 0.15) is 6.29 Å². The molecule has 0 atom stereocenters. The van der Waals surface area contributed by atoms with Crippen LogP contribution in [-0.4, -0.2) is 6.29 Å². The molecule has 0 aromatic heterocycles. The van der Waals surface area contributed by atoms with E-state index >= 15 is 0 Å². The molecule has 0 saturated heterocycles. The molecule has 0 aromatic carbocycles. The lowest BCUT2D eigenvalue weighted by molar-refractivity contribution is -0.108. The highest BCUT2D eigenvalue weighted by molar-refractivity contribution is 5.49. The van der Waals surface area contributed by atoms with Crippen LogP contribution in [0.4, 0.5) is 0 Å². The number of carbonyl (C=O) groups excluding carboxylic acids is 1. The fourth-order valence-electron chi connectivity index (χ4n) is 1.07. The number of hydrogen-bond acceptors (Lipinski definition) is 1. The Morgan fingerprint density at radius 1 is 1.27 bits per heavy atom. The SMILES string of the molecule is C=CCCC(C)(C)CCC=O. The van der Waals surface area contributed by atoms with Gasteiger partial charge in [-0.2, -0.15) is 0 Å². The first-order valence-electron chi connectivity index (χ1n) is 4.17. The normalized spacial score (nSPS) is 11.1. The molecule has 0 unspecified atom stereocenters. The molecule has 0 saturated carbocycles. The summed E-state index contributed by atoms with van der Waals surface area (Å²) in [6.45, 7) is 8.06. The second-order valence-corrected chi connectivity index (χ2v) is 3.70. The van der Waals surface area contributed by atoms with Crippen LogP contribution in [0.3, 0.4) is 0 Å². The number of carbonyl (C=O) groups is 1. The Balaban J connectivity index is 3.59. The van der Waals surface area contributed by atoms with E-state index in [2.05, 4.69) is 20.4 Å². The van der Waals surface area contributed by atoms with Crippen LogP contribution in [0.5, 0.6) is 0 Å². The molecule has 11 heavy (non-hydrogen) atoms. The van der Waals surface area contributed by atoms with Gasteiger partial charge >= 0.3 is 0 Å². The molecule has 0 aromatic rings. The van der Waals surface area contributed by atoms with Gasteiger partial charge in [0.05, 0.1) is 0 Å². The van der Waals surface area contributed by atoms with Gasteiger partial charge in [-0.15, -0.1) is 6.58 Å². The van der Waals surface area contributed by atoms with Crippen molar-refractivity contribution in [1.29, 1.82) is 0 Å². The van der Waals surface area contributed by atoms with Gasteiger partial charge in [0, 0.05) is 6.42 Å². The first-order chi connectivity index (χ1) is 5.12. The quantitative estimate of drug-likeness (QED) is 0.424. The zero-order valence-corrected chi connectivity index (χ0v) is 7.60. The first kappa shape index (κ1) is 10.4. The molecule has 0 heterocycles. The van der Waals surface area contributed by atoms with Crippen molar-refractivity contribution in [2.24, 2.45) is 5.41 Å². The fraction of sp³-hybridized carbons (Fsp3) is 0.700. The van der Waals surface area contributed by atoms with Crippen molar-refractivity contribution in [3.8, 4) is 0 Å².